The molecule has 0 aliphatic carbocycles. The molecule has 1 aliphatic heterocycles. The van der Waals surface area contributed by atoms with E-state index in [0.29, 0.717) is 0 Å². The summed E-state index contributed by atoms with van der Waals surface area (Å²) in [7, 11) is 0. The van der Waals surface area contributed by atoms with E-state index in [9.17, 15) is 9.59 Å². The molecule has 5 nitrogen and oxygen atoms in total. The number of aromatic nitrogens is 1. The second kappa shape index (κ2) is 8.55. The van der Waals surface area contributed by atoms with E-state index in [4.69, 9.17) is 0 Å². The number of fused-ring (bicyclic) bond motifs is 2. The molecule has 150 valence electrons. The van der Waals surface area contributed by atoms with Gasteiger partial charge in [0, 0.05) is 18.8 Å². The Kier molecular flexibility index (Phi) is 5.87. The van der Waals surface area contributed by atoms with Gasteiger partial charge < -0.3 is 9.47 Å². The molecule has 1 aromatic heterocycles. The highest BCUT2D eigenvalue weighted by Gasteiger charge is 2.23. The molecule has 0 atom stereocenters. The Balaban J connectivity index is 1.41. The lowest BCUT2D eigenvalue weighted by molar-refractivity contribution is -0.116. The highest BCUT2D eigenvalue weighted by Crippen LogP contribution is 2.28. The number of benzene rings is 2. The average Bonchev–Trinajstić information content (AvgIpc) is 3.28. The highest BCUT2D eigenvalue weighted by molar-refractivity contribution is 8.00. The van der Waals surface area contributed by atoms with Gasteiger partial charge in [0.15, 0.2) is 4.80 Å². The molecule has 1 aliphatic rings. The first kappa shape index (κ1) is 19.9. The summed E-state index contributed by atoms with van der Waals surface area (Å²) in [5.41, 5.74) is 4.50. The van der Waals surface area contributed by atoms with Crippen molar-refractivity contribution in [2.24, 2.45) is 4.99 Å². The number of carbonyl (C=O) groups excluding carboxylic acids is 2. The lowest BCUT2D eigenvalue weighted by Crippen LogP contribution is -2.30. The largest absolute Gasteiger partial charge is 0.317 e. The van der Waals surface area contributed by atoms with Gasteiger partial charge in [0.2, 0.25) is 5.91 Å². The molecule has 7 heteroatoms. The molecule has 0 bridgehead atoms. The van der Waals surface area contributed by atoms with Gasteiger partial charge in [-0.15, -0.1) is 11.8 Å². The summed E-state index contributed by atoms with van der Waals surface area (Å²) >= 11 is 2.87. The first-order valence-corrected chi connectivity index (χ1v) is 11.7. The van der Waals surface area contributed by atoms with Crippen LogP contribution in [0.3, 0.4) is 0 Å². The topological polar surface area (TPSA) is 54.7 Å². The Hall–Kier alpha value is -2.38. The molecule has 0 radical (unpaired) electrons. The fraction of sp³-hybridized carbons (Fsp3) is 0.318. The molecule has 0 fully saturated rings. The van der Waals surface area contributed by atoms with Crippen molar-refractivity contribution in [3.8, 4) is 0 Å². The molecule has 29 heavy (non-hydrogen) atoms. The third-order valence-corrected chi connectivity index (χ3v) is 6.96. The van der Waals surface area contributed by atoms with Crippen molar-refractivity contribution in [2.75, 3.05) is 23.0 Å². The van der Waals surface area contributed by atoms with Crippen LogP contribution in [0.15, 0.2) is 47.5 Å². The predicted octanol–water partition coefficient (Wildman–Crippen LogP) is 3.78. The van der Waals surface area contributed by atoms with Crippen LogP contribution in [0.4, 0.5) is 5.69 Å². The number of amides is 2. The van der Waals surface area contributed by atoms with Crippen molar-refractivity contribution in [2.45, 2.75) is 26.8 Å². The molecule has 0 N–H and O–H groups in total. The summed E-state index contributed by atoms with van der Waals surface area (Å²) in [6.07, 6.45) is 0.892. The van der Waals surface area contributed by atoms with E-state index in [1.165, 1.54) is 34.2 Å². The molecule has 0 saturated heterocycles. The summed E-state index contributed by atoms with van der Waals surface area (Å²) in [6, 6.07) is 14.3. The first-order chi connectivity index (χ1) is 14.1. The Bertz CT molecular complexity index is 1150. The molecule has 2 heterocycles. The normalized spacial score (nSPS) is 13.9. The van der Waals surface area contributed by atoms with Crippen molar-refractivity contribution >= 4 is 50.8 Å². The predicted molar refractivity (Wildman–Crippen MR) is 121 cm³/mol. The lowest BCUT2D eigenvalue weighted by Gasteiger charge is -2.16. The average molecular weight is 426 g/mol. The fourth-order valence-electron chi connectivity index (χ4n) is 3.61. The maximum Gasteiger partial charge on any atom is 0.258 e. The van der Waals surface area contributed by atoms with Crippen LogP contribution >= 0.6 is 23.1 Å². The minimum absolute atomic E-state index is 0.0497. The van der Waals surface area contributed by atoms with Crippen LogP contribution in [0.2, 0.25) is 0 Å². The van der Waals surface area contributed by atoms with Gasteiger partial charge in [0.1, 0.15) is 0 Å². The van der Waals surface area contributed by atoms with E-state index in [1.54, 1.807) is 0 Å². The van der Waals surface area contributed by atoms with Crippen LogP contribution in [-0.4, -0.2) is 34.4 Å². The number of nitrogens with zero attached hydrogens (tertiary/aromatic N) is 3. The molecule has 3 aromatic rings. The third kappa shape index (κ3) is 4.16. The number of para-hydroxylation sites is 1. The zero-order valence-electron chi connectivity index (χ0n) is 16.6. The highest BCUT2D eigenvalue weighted by atomic mass is 32.2. The SMILES string of the molecule is CCn1c(=NC(=O)CSCC(=O)N2CCc3ccccc32)sc2cc(C)ccc21. The van der Waals surface area contributed by atoms with E-state index >= 15 is 0 Å². The van der Waals surface area contributed by atoms with Crippen molar-refractivity contribution in [1.82, 2.24) is 4.57 Å². The van der Waals surface area contributed by atoms with Crippen LogP contribution in [0.1, 0.15) is 18.1 Å². The van der Waals surface area contributed by atoms with Gasteiger partial charge in [-0.05, 0) is 49.6 Å². The van der Waals surface area contributed by atoms with Gasteiger partial charge in [0.25, 0.3) is 5.91 Å². The standard InChI is InChI=1S/C22H23N3O2S2/c1-3-24-18-9-8-15(2)12-19(18)29-22(24)23-20(26)13-28-14-21(27)25-11-10-16-6-4-5-7-17(16)25/h4-9,12H,3,10-11,13-14H2,1-2H3. The number of anilines is 1. The van der Waals surface area contributed by atoms with Crippen molar-refractivity contribution in [3.63, 3.8) is 0 Å². The molecule has 0 saturated carbocycles. The summed E-state index contributed by atoms with van der Waals surface area (Å²) in [4.78, 5) is 31.8. The van der Waals surface area contributed by atoms with Crippen LogP contribution in [0.5, 0.6) is 0 Å². The zero-order chi connectivity index (χ0) is 20.4. The van der Waals surface area contributed by atoms with Crippen LogP contribution < -0.4 is 9.70 Å². The van der Waals surface area contributed by atoms with Gasteiger partial charge in [-0.3, -0.25) is 9.59 Å². The van der Waals surface area contributed by atoms with E-state index in [1.807, 2.05) is 23.1 Å². The summed E-state index contributed by atoms with van der Waals surface area (Å²) in [5, 5.41) is 0. The minimum atomic E-state index is -0.199. The number of carbonyl (C=O) groups is 2. The molecule has 4 rings (SSSR count). The molecular weight excluding hydrogens is 402 g/mol. The second-order valence-corrected chi connectivity index (χ2v) is 9.02. The summed E-state index contributed by atoms with van der Waals surface area (Å²) in [5.74, 6) is 0.344. The number of thiazole rings is 1. The quantitative estimate of drug-likeness (QED) is 0.625. The van der Waals surface area contributed by atoms with E-state index in [0.717, 1.165) is 40.2 Å². The molecular formula is C22H23N3O2S2. The zero-order valence-corrected chi connectivity index (χ0v) is 18.2. The minimum Gasteiger partial charge on any atom is -0.317 e. The van der Waals surface area contributed by atoms with Gasteiger partial charge >= 0.3 is 0 Å². The Morgan fingerprint density at radius 2 is 2.00 bits per heavy atom. The van der Waals surface area contributed by atoms with Gasteiger partial charge in [-0.25, -0.2) is 0 Å². The fourth-order valence-corrected chi connectivity index (χ4v) is 5.49. The second-order valence-electron chi connectivity index (χ2n) is 7.02. The first-order valence-electron chi connectivity index (χ1n) is 9.70. The van der Waals surface area contributed by atoms with Crippen molar-refractivity contribution in [1.29, 1.82) is 0 Å². The lowest BCUT2D eigenvalue weighted by atomic mass is 10.2. The van der Waals surface area contributed by atoms with Gasteiger partial charge in [0.05, 0.1) is 21.7 Å². The van der Waals surface area contributed by atoms with Crippen LogP contribution in [-0.2, 0) is 22.6 Å². The van der Waals surface area contributed by atoms with Gasteiger partial charge in [-0.1, -0.05) is 35.6 Å². The molecule has 2 amide bonds. The molecule has 0 spiro atoms. The number of aryl methyl sites for hydroxylation is 2. The maximum absolute atomic E-state index is 12.6. The number of hydrogen-bond acceptors (Lipinski definition) is 4. The Morgan fingerprint density at radius 3 is 2.83 bits per heavy atom. The van der Waals surface area contributed by atoms with Crippen molar-refractivity contribution in [3.05, 3.63) is 58.4 Å². The van der Waals surface area contributed by atoms with Gasteiger partial charge in [-0.2, -0.15) is 4.99 Å². The van der Waals surface area contributed by atoms with Crippen molar-refractivity contribution < 1.29 is 9.59 Å². The number of thioether (sulfide) groups is 1. The Labute approximate surface area is 178 Å². The van der Waals surface area contributed by atoms with Crippen LogP contribution in [0, 0.1) is 6.92 Å². The number of hydrogen-bond donors (Lipinski definition) is 0. The molecule has 0 unspecified atom stereocenters. The van der Waals surface area contributed by atoms with Crippen LogP contribution in [0.25, 0.3) is 10.2 Å². The monoisotopic (exact) mass is 425 g/mol. The smallest absolute Gasteiger partial charge is 0.258 e. The van der Waals surface area contributed by atoms with E-state index in [-0.39, 0.29) is 23.3 Å². The number of rotatable bonds is 5. The summed E-state index contributed by atoms with van der Waals surface area (Å²) in [6.45, 7) is 5.59. The molecule has 2 aromatic carbocycles. The Morgan fingerprint density at radius 1 is 1.17 bits per heavy atom. The van der Waals surface area contributed by atoms with E-state index < -0.39 is 0 Å². The third-order valence-electron chi connectivity index (χ3n) is 5.01. The maximum atomic E-state index is 12.6. The summed E-state index contributed by atoms with van der Waals surface area (Å²) < 4.78 is 3.20. The van der Waals surface area contributed by atoms with E-state index in [2.05, 4.69) is 47.7 Å².